The van der Waals surface area contributed by atoms with E-state index in [9.17, 15) is 9.59 Å². The number of carbonyl (C=O) groups is 1. The molecule has 3 rings (SSSR count). The highest BCUT2D eigenvalue weighted by Gasteiger charge is 2.41. The molecule has 1 amide bonds. The minimum atomic E-state index is -0.285. The van der Waals surface area contributed by atoms with Gasteiger partial charge >= 0.3 is 0 Å². The Labute approximate surface area is 143 Å². The van der Waals surface area contributed by atoms with Crippen molar-refractivity contribution < 1.29 is 9.53 Å². The third-order valence-corrected chi connectivity index (χ3v) is 5.49. The average molecular weight is 332 g/mol. The van der Waals surface area contributed by atoms with Crippen molar-refractivity contribution in [2.45, 2.75) is 69.9 Å². The van der Waals surface area contributed by atoms with Gasteiger partial charge in [-0.3, -0.25) is 9.59 Å². The fourth-order valence-electron chi connectivity index (χ4n) is 4.15. The zero-order chi connectivity index (χ0) is 17.3. The second kappa shape index (κ2) is 6.71. The molecule has 0 radical (unpaired) electrons. The highest BCUT2D eigenvalue weighted by atomic mass is 16.5. The lowest BCUT2D eigenvalue weighted by atomic mass is 9.82. The minimum Gasteiger partial charge on any atom is -0.373 e. The maximum absolute atomic E-state index is 12.5. The topological polar surface area (TPSA) is 60.3 Å². The van der Waals surface area contributed by atoms with E-state index in [1.54, 1.807) is 17.7 Å². The molecule has 1 spiro atoms. The number of ether oxygens (including phenoxy) is 1. The Balaban J connectivity index is 1.70. The molecule has 1 aliphatic carbocycles. The number of rotatable bonds is 3. The number of nitrogens with zero attached hydrogens (tertiary/aromatic N) is 1. The van der Waals surface area contributed by atoms with E-state index in [1.165, 1.54) is 19.3 Å². The summed E-state index contributed by atoms with van der Waals surface area (Å²) in [5.41, 5.74) is 0.876. The van der Waals surface area contributed by atoms with Crippen molar-refractivity contribution in [3.63, 3.8) is 0 Å². The smallest absolute Gasteiger partial charge is 0.263 e. The molecular formula is C19H28N2O3. The van der Waals surface area contributed by atoms with Crippen molar-refractivity contribution in [1.29, 1.82) is 0 Å². The summed E-state index contributed by atoms with van der Waals surface area (Å²) in [5.74, 6) is -0.0402. The van der Waals surface area contributed by atoms with Crippen molar-refractivity contribution in [2.75, 3.05) is 6.61 Å². The van der Waals surface area contributed by atoms with Crippen LogP contribution in [0.5, 0.6) is 0 Å². The number of pyridine rings is 1. The molecule has 1 atom stereocenters. The predicted molar refractivity (Wildman–Crippen MR) is 93.4 cm³/mol. The molecule has 0 bridgehead atoms. The van der Waals surface area contributed by atoms with E-state index in [0.717, 1.165) is 25.0 Å². The number of aromatic nitrogens is 1. The van der Waals surface area contributed by atoms with E-state index >= 15 is 0 Å². The lowest BCUT2D eigenvalue weighted by molar-refractivity contribution is -0.0246. The average Bonchev–Trinajstić information content (AvgIpc) is 2.92. The van der Waals surface area contributed by atoms with E-state index in [1.807, 2.05) is 19.9 Å². The summed E-state index contributed by atoms with van der Waals surface area (Å²) < 4.78 is 7.61. The van der Waals surface area contributed by atoms with Gasteiger partial charge in [-0.25, -0.2) is 0 Å². The molecule has 1 saturated heterocycles. The molecule has 5 heteroatoms. The van der Waals surface area contributed by atoms with Crippen LogP contribution in [0.25, 0.3) is 0 Å². The molecule has 24 heavy (non-hydrogen) atoms. The van der Waals surface area contributed by atoms with Crippen LogP contribution in [0.15, 0.2) is 16.9 Å². The second-order valence-electron chi connectivity index (χ2n) is 7.62. The van der Waals surface area contributed by atoms with E-state index in [-0.39, 0.29) is 34.6 Å². The molecule has 1 N–H and O–H groups in total. The summed E-state index contributed by atoms with van der Waals surface area (Å²) in [7, 11) is 1.73. The maximum atomic E-state index is 12.5. The maximum Gasteiger partial charge on any atom is 0.263 e. The first kappa shape index (κ1) is 17.2. The molecule has 1 aromatic rings. The Bertz CT molecular complexity index is 672. The van der Waals surface area contributed by atoms with E-state index < -0.39 is 0 Å². The van der Waals surface area contributed by atoms with E-state index in [0.29, 0.717) is 6.61 Å². The fraction of sp³-hybridized carbons (Fsp3) is 0.684. The van der Waals surface area contributed by atoms with Crippen molar-refractivity contribution in [1.82, 2.24) is 9.88 Å². The number of amides is 1. The molecular weight excluding hydrogens is 304 g/mol. The largest absolute Gasteiger partial charge is 0.373 e. The van der Waals surface area contributed by atoms with Crippen LogP contribution in [-0.4, -0.2) is 28.7 Å². The van der Waals surface area contributed by atoms with Crippen LogP contribution in [0, 0.1) is 0 Å². The normalized spacial score (nSPS) is 22.9. The van der Waals surface area contributed by atoms with Gasteiger partial charge in [0.1, 0.15) is 5.56 Å². The Morgan fingerprint density at radius 3 is 2.67 bits per heavy atom. The highest BCUT2D eigenvalue weighted by molar-refractivity contribution is 5.94. The summed E-state index contributed by atoms with van der Waals surface area (Å²) in [5, 5.41) is 3.01. The van der Waals surface area contributed by atoms with E-state index in [2.05, 4.69) is 5.32 Å². The van der Waals surface area contributed by atoms with Crippen molar-refractivity contribution >= 4 is 5.91 Å². The molecule has 1 saturated carbocycles. The third-order valence-electron chi connectivity index (χ3n) is 5.49. The van der Waals surface area contributed by atoms with Gasteiger partial charge in [-0.05, 0) is 37.3 Å². The molecule has 1 aliphatic heterocycles. The molecule has 2 heterocycles. The van der Waals surface area contributed by atoms with Gasteiger partial charge in [-0.15, -0.1) is 0 Å². The molecule has 2 aliphatic rings. The van der Waals surface area contributed by atoms with Crippen LogP contribution in [0.2, 0.25) is 0 Å². The standard InChI is InChI=1S/C19H28N2O3/c1-13(2)16-8-7-15(18(23)21(16)3)17(22)20-14-11-19(24-12-14)9-5-4-6-10-19/h7-8,13-14H,4-6,9-12H2,1-3H3,(H,20,22)/t14-/m1/s1. The lowest BCUT2D eigenvalue weighted by Crippen LogP contribution is -2.40. The molecule has 5 nitrogen and oxygen atoms in total. The number of hydrogen-bond acceptors (Lipinski definition) is 3. The van der Waals surface area contributed by atoms with Crippen molar-refractivity contribution in [2.24, 2.45) is 7.05 Å². The minimum absolute atomic E-state index is 0.00471. The first-order chi connectivity index (χ1) is 11.4. The highest BCUT2D eigenvalue weighted by Crippen LogP contribution is 2.39. The summed E-state index contributed by atoms with van der Waals surface area (Å²) in [4.78, 5) is 25.0. The zero-order valence-electron chi connectivity index (χ0n) is 14.9. The molecule has 0 unspecified atom stereocenters. The summed E-state index contributed by atoms with van der Waals surface area (Å²) in [6, 6.07) is 3.53. The number of carbonyl (C=O) groups excluding carboxylic acids is 1. The molecule has 2 fully saturated rings. The predicted octanol–water partition coefficient (Wildman–Crippen LogP) is 2.73. The first-order valence-electron chi connectivity index (χ1n) is 9.07. The summed E-state index contributed by atoms with van der Waals surface area (Å²) in [6.45, 7) is 4.62. The monoisotopic (exact) mass is 332 g/mol. The van der Waals surface area contributed by atoms with Crippen molar-refractivity contribution in [3.05, 3.63) is 33.7 Å². The van der Waals surface area contributed by atoms with Gasteiger partial charge < -0.3 is 14.6 Å². The fourth-order valence-corrected chi connectivity index (χ4v) is 4.15. The third kappa shape index (κ3) is 3.27. The molecule has 0 aromatic carbocycles. The quantitative estimate of drug-likeness (QED) is 0.926. The number of hydrogen-bond donors (Lipinski definition) is 1. The zero-order valence-corrected chi connectivity index (χ0v) is 14.9. The van der Waals surface area contributed by atoms with Gasteiger partial charge in [-0.1, -0.05) is 33.1 Å². The van der Waals surface area contributed by atoms with Crippen LogP contribution >= 0.6 is 0 Å². The number of nitrogens with one attached hydrogen (secondary N) is 1. The lowest BCUT2D eigenvalue weighted by Gasteiger charge is -2.32. The van der Waals surface area contributed by atoms with Crippen LogP contribution in [0.4, 0.5) is 0 Å². The van der Waals surface area contributed by atoms with E-state index in [4.69, 9.17) is 4.74 Å². The van der Waals surface area contributed by atoms with Gasteiger partial charge in [0.25, 0.3) is 11.5 Å². The van der Waals surface area contributed by atoms with Crippen LogP contribution in [-0.2, 0) is 11.8 Å². The van der Waals surface area contributed by atoms with Gasteiger partial charge in [0.05, 0.1) is 18.2 Å². The van der Waals surface area contributed by atoms with Crippen LogP contribution in [0.1, 0.15) is 74.3 Å². The second-order valence-corrected chi connectivity index (χ2v) is 7.62. The SMILES string of the molecule is CC(C)c1ccc(C(=O)N[C@H]2COC3(CCCCC3)C2)c(=O)n1C. The van der Waals surface area contributed by atoms with Gasteiger partial charge in [0, 0.05) is 12.7 Å². The summed E-state index contributed by atoms with van der Waals surface area (Å²) in [6.07, 6.45) is 6.73. The van der Waals surface area contributed by atoms with Gasteiger partial charge in [0.2, 0.25) is 0 Å². The van der Waals surface area contributed by atoms with Gasteiger partial charge in [-0.2, -0.15) is 0 Å². The Hall–Kier alpha value is -1.62. The van der Waals surface area contributed by atoms with Crippen LogP contribution in [0.3, 0.4) is 0 Å². The summed E-state index contributed by atoms with van der Waals surface area (Å²) >= 11 is 0. The Kier molecular flexibility index (Phi) is 4.81. The Morgan fingerprint density at radius 2 is 2.00 bits per heavy atom. The Morgan fingerprint density at radius 1 is 1.29 bits per heavy atom. The van der Waals surface area contributed by atoms with Crippen molar-refractivity contribution in [3.8, 4) is 0 Å². The molecule has 132 valence electrons. The van der Waals surface area contributed by atoms with Gasteiger partial charge in [0.15, 0.2) is 0 Å². The molecule has 1 aromatic heterocycles. The van der Waals surface area contributed by atoms with Crippen LogP contribution < -0.4 is 10.9 Å². The first-order valence-corrected chi connectivity index (χ1v) is 9.07.